The summed E-state index contributed by atoms with van der Waals surface area (Å²) in [6, 6.07) is 0. The van der Waals surface area contributed by atoms with E-state index in [1.807, 2.05) is 27.7 Å². The van der Waals surface area contributed by atoms with E-state index in [2.05, 4.69) is 15.7 Å². The number of aromatic nitrogens is 8. The Labute approximate surface area is 314 Å². The van der Waals surface area contributed by atoms with E-state index in [1.54, 1.807) is 51.3 Å². The van der Waals surface area contributed by atoms with Gasteiger partial charge in [-0.15, -0.1) is 0 Å². The normalized spacial score (nSPS) is 18.0. The minimum absolute atomic E-state index is 0.0576. The molecule has 19 nitrogen and oxygen atoms in total. The van der Waals surface area contributed by atoms with Gasteiger partial charge >= 0.3 is 17.3 Å². The Hall–Kier alpha value is -4.88. The summed E-state index contributed by atoms with van der Waals surface area (Å²) >= 11 is 0. The number of aliphatic hydroxyl groups is 1. The van der Waals surface area contributed by atoms with Gasteiger partial charge in [-0.2, -0.15) is 0 Å². The lowest BCUT2D eigenvalue weighted by molar-refractivity contribution is -0.178. The molecule has 2 aliphatic carbocycles. The molecule has 4 N–H and O–H groups in total. The predicted molar refractivity (Wildman–Crippen MR) is 206 cm³/mol. The second-order valence-corrected chi connectivity index (χ2v) is 12.4. The summed E-state index contributed by atoms with van der Waals surface area (Å²) in [5, 5.41) is 17.1. The highest BCUT2D eigenvalue weighted by Gasteiger charge is 2.37. The van der Waals surface area contributed by atoms with Crippen LogP contribution in [0.5, 0.6) is 0 Å². The van der Waals surface area contributed by atoms with Crippen molar-refractivity contribution in [2.75, 3.05) is 28.3 Å². The lowest BCUT2D eigenvalue weighted by atomic mass is 9.74. The number of aliphatic hydroxyl groups excluding tert-OH is 1. The molecule has 0 radical (unpaired) electrons. The summed E-state index contributed by atoms with van der Waals surface area (Å²) in [6.07, 6.45) is 3.80. The van der Waals surface area contributed by atoms with E-state index in [-0.39, 0.29) is 52.9 Å². The fourth-order valence-corrected chi connectivity index (χ4v) is 6.31. The predicted octanol–water partition coefficient (Wildman–Crippen LogP) is 0.568. The Morgan fingerprint density at radius 3 is 1.67 bits per heavy atom. The van der Waals surface area contributed by atoms with Crippen molar-refractivity contribution in [1.29, 1.82) is 0 Å². The average Bonchev–Trinajstić information content (AvgIpc) is 3.69. The lowest BCUT2D eigenvalue weighted by Gasteiger charge is -2.35. The van der Waals surface area contributed by atoms with Gasteiger partial charge in [-0.05, 0) is 51.5 Å². The highest BCUT2D eigenvalue weighted by atomic mass is 16.7. The summed E-state index contributed by atoms with van der Waals surface area (Å²) in [6.45, 7) is 10.4. The number of hydrogen-bond donors (Lipinski definition) is 3. The number of carbonyl (C=O) groups is 2. The Balaban J connectivity index is 0.000000460. The molecule has 304 valence electrons. The number of fused-ring (bicyclic) bond motifs is 2. The Bertz CT molecular complexity index is 2090. The summed E-state index contributed by atoms with van der Waals surface area (Å²) in [7, 11) is 12.2. The molecule has 4 aromatic heterocycles. The number of hydroxylamine groups is 2. The number of aliphatic carboxylic acids is 1. The molecular weight excluding hydrogens is 704 g/mol. The molecule has 0 aliphatic heterocycles. The number of rotatable bonds is 7. The maximum absolute atomic E-state index is 12.8. The van der Waals surface area contributed by atoms with Crippen molar-refractivity contribution in [3.63, 3.8) is 0 Å². The number of carbonyl (C=O) groups excluding carboxylic acids is 1. The third-order valence-corrected chi connectivity index (χ3v) is 9.42. The molecular formula is C35H60N10O9. The van der Waals surface area contributed by atoms with Crippen LogP contribution in [-0.4, -0.2) is 92.8 Å². The minimum atomic E-state index is -0.811. The Kier molecular flexibility index (Phi) is 18.4. The van der Waals surface area contributed by atoms with Crippen molar-refractivity contribution < 1.29 is 24.6 Å². The SMILES string of the molecule is CC.CC.CN.CO.CON(C)C(=O)C1CC(Cn2c(=O)c3c(nc(C)n3C)n(C)c2=O)C1.Cn1cnc2c1c(=O)n(CC1CC(C(=O)O)C1)c(=O)n2C. The Morgan fingerprint density at radius 2 is 1.22 bits per heavy atom. The van der Waals surface area contributed by atoms with Crippen molar-refractivity contribution >= 4 is 34.2 Å². The summed E-state index contributed by atoms with van der Waals surface area (Å²) in [5.74, 6) is -0.493. The van der Waals surface area contributed by atoms with Gasteiger partial charge < -0.3 is 25.1 Å². The van der Waals surface area contributed by atoms with E-state index in [0.29, 0.717) is 60.4 Å². The summed E-state index contributed by atoms with van der Waals surface area (Å²) in [5.41, 5.74) is 4.58. The lowest BCUT2D eigenvalue weighted by Crippen LogP contribution is -2.45. The van der Waals surface area contributed by atoms with Gasteiger partial charge in [-0.25, -0.2) is 24.6 Å². The summed E-state index contributed by atoms with van der Waals surface area (Å²) in [4.78, 5) is 86.1. The number of carboxylic acids is 1. The quantitative estimate of drug-likeness (QED) is 0.219. The van der Waals surface area contributed by atoms with Crippen molar-refractivity contribution in [2.24, 2.45) is 57.6 Å². The zero-order valence-electron chi connectivity index (χ0n) is 34.0. The van der Waals surface area contributed by atoms with Gasteiger partial charge in [-0.1, -0.05) is 27.7 Å². The van der Waals surface area contributed by atoms with Gasteiger partial charge in [-0.3, -0.25) is 42.3 Å². The van der Waals surface area contributed by atoms with Crippen LogP contribution in [0, 0.1) is 30.6 Å². The topological polar surface area (TPSA) is 237 Å². The number of aryl methyl sites for hydroxylation is 5. The molecule has 54 heavy (non-hydrogen) atoms. The standard InChI is InChI=1S/C16H23N5O4.C13H16N4O4.2C2H6.CH5N.CH4O/c1-9-17-13-12(18(9)2)15(23)21(16(24)19(13)3)8-10-6-11(7-10)14(22)20(4)25-5;1-15-6-14-10-9(15)11(18)17(13(21)16(10)2)5-7-3-8(4-7)12(19)20;4*1-2/h10-11H,6-8H2,1-5H3;6-8H,3-5H2,1-2H3,(H,19,20);2*1-2H3;2H2,1H3;2H,1H3. The smallest absolute Gasteiger partial charge is 0.332 e. The molecule has 6 rings (SSSR count). The molecule has 0 bridgehead atoms. The minimum Gasteiger partial charge on any atom is -0.481 e. The molecule has 4 heterocycles. The number of nitrogens with zero attached hydrogens (tertiary/aromatic N) is 9. The number of nitrogens with two attached hydrogens (primary N) is 1. The van der Waals surface area contributed by atoms with Crippen LogP contribution in [-0.2, 0) is 55.7 Å². The van der Waals surface area contributed by atoms with Gasteiger partial charge in [0.25, 0.3) is 11.1 Å². The first-order valence-electron chi connectivity index (χ1n) is 18.0. The van der Waals surface area contributed by atoms with E-state index in [1.165, 1.54) is 43.8 Å². The molecule has 0 saturated heterocycles. The van der Waals surface area contributed by atoms with Crippen molar-refractivity contribution in [3.05, 3.63) is 53.8 Å². The Morgan fingerprint density at radius 1 is 0.796 bits per heavy atom. The maximum atomic E-state index is 12.8. The van der Waals surface area contributed by atoms with E-state index in [4.69, 9.17) is 15.1 Å². The van der Waals surface area contributed by atoms with Crippen LogP contribution >= 0.6 is 0 Å². The molecule has 2 fully saturated rings. The van der Waals surface area contributed by atoms with Gasteiger partial charge in [0.1, 0.15) is 5.82 Å². The van der Waals surface area contributed by atoms with E-state index >= 15 is 0 Å². The first-order valence-corrected chi connectivity index (χ1v) is 18.0. The fourth-order valence-electron chi connectivity index (χ4n) is 6.31. The van der Waals surface area contributed by atoms with Crippen LogP contribution in [0.4, 0.5) is 0 Å². The van der Waals surface area contributed by atoms with Crippen molar-refractivity contribution in [1.82, 2.24) is 42.4 Å². The van der Waals surface area contributed by atoms with Crippen LogP contribution in [0.25, 0.3) is 22.3 Å². The molecule has 2 aliphatic rings. The van der Waals surface area contributed by atoms with Crippen LogP contribution in [0.3, 0.4) is 0 Å². The van der Waals surface area contributed by atoms with E-state index < -0.39 is 11.7 Å². The zero-order chi connectivity index (χ0) is 41.8. The molecule has 0 spiro atoms. The molecule has 0 aromatic carbocycles. The van der Waals surface area contributed by atoms with Gasteiger partial charge in [0.15, 0.2) is 22.3 Å². The molecule has 0 atom stereocenters. The van der Waals surface area contributed by atoms with Crippen molar-refractivity contribution in [3.8, 4) is 0 Å². The van der Waals surface area contributed by atoms with Crippen LogP contribution in [0.15, 0.2) is 25.5 Å². The number of imidazole rings is 2. The van der Waals surface area contributed by atoms with E-state index in [0.717, 1.165) is 7.11 Å². The van der Waals surface area contributed by atoms with Crippen LogP contribution < -0.4 is 28.2 Å². The third-order valence-electron chi connectivity index (χ3n) is 9.42. The largest absolute Gasteiger partial charge is 0.481 e. The van der Waals surface area contributed by atoms with Gasteiger partial charge in [0.05, 0.1) is 19.4 Å². The van der Waals surface area contributed by atoms with Gasteiger partial charge in [0.2, 0.25) is 5.91 Å². The number of carboxylic acid groups (broad SMARTS) is 1. The van der Waals surface area contributed by atoms with Gasteiger partial charge in [0, 0.05) is 61.4 Å². The van der Waals surface area contributed by atoms with E-state index in [9.17, 15) is 28.8 Å². The molecule has 1 amide bonds. The average molecular weight is 765 g/mol. The van der Waals surface area contributed by atoms with Crippen LogP contribution in [0.1, 0.15) is 59.2 Å². The molecule has 19 heteroatoms. The van der Waals surface area contributed by atoms with Crippen molar-refractivity contribution in [2.45, 2.75) is 73.4 Å². The van der Waals surface area contributed by atoms with Crippen LogP contribution in [0.2, 0.25) is 0 Å². The molecule has 0 unspecified atom stereocenters. The highest BCUT2D eigenvalue weighted by Crippen LogP contribution is 2.36. The third kappa shape index (κ3) is 9.61. The highest BCUT2D eigenvalue weighted by molar-refractivity contribution is 5.78. The first-order chi connectivity index (χ1) is 25.7. The number of hydrogen-bond acceptors (Lipinski definition) is 11. The second kappa shape index (κ2) is 21.1. The maximum Gasteiger partial charge on any atom is 0.332 e. The zero-order valence-corrected chi connectivity index (χ0v) is 34.0. The summed E-state index contributed by atoms with van der Waals surface area (Å²) < 4.78 is 8.50. The number of amides is 1. The molecule has 4 aromatic rings. The molecule has 2 saturated carbocycles. The fraction of sp³-hybridized carbons (Fsp3) is 0.657. The second-order valence-electron chi connectivity index (χ2n) is 12.4. The monoisotopic (exact) mass is 764 g/mol. The first kappa shape index (κ1) is 47.1.